The molecule has 1 atom stereocenters. The maximum atomic E-state index is 11.8. The molecule has 1 aliphatic rings. The van der Waals surface area contributed by atoms with Crippen molar-refractivity contribution in [2.45, 2.75) is 22.8 Å². The van der Waals surface area contributed by atoms with Gasteiger partial charge in [0, 0.05) is 50.6 Å². The molecule has 0 saturated carbocycles. The maximum Gasteiger partial charge on any atom is 0.220 e. The number of nitrogens with zero attached hydrogens (tertiary/aromatic N) is 2. The summed E-state index contributed by atoms with van der Waals surface area (Å²) in [4.78, 5) is 23.8. The van der Waals surface area contributed by atoms with Crippen molar-refractivity contribution in [3.63, 3.8) is 0 Å². The Labute approximate surface area is 225 Å². The fourth-order valence-electron chi connectivity index (χ4n) is 3.88. The van der Waals surface area contributed by atoms with Crippen LogP contribution in [0.15, 0.2) is 46.5 Å². The lowest BCUT2D eigenvalue weighted by atomic mass is 10.2. The van der Waals surface area contributed by atoms with E-state index in [1.165, 1.54) is 12.3 Å². The number of hydrogen-bond donors (Lipinski definition) is 2. The van der Waals surface area contributed by atoms with E-state index >= 15 is 0 Å². The normalized spacial score (nSPS) is 15.6. The first-order chi connectivity index (χ1) is 18.2. The number of fused-ring (bicyclic) bond motifs is 1. The number of aromatic amines is 1. The molecule has 0 saturated heterocycles. The molecule has 3 aromatic rings. The number of ether oxygens (including phenoxy) is 4. The predicted octanol–water partition coefficient (Wildman–Crippen LogP) is 2.80. The van der Waals surface area contributed by atoms with Crippen molar-refractivity contribution >= 4 is 43.5 Å². The minimum absolute atomic E-state index is 0.0190. The van der Waals surface area contributed by atoms with Crippen molar-refractivity contribution in [3.05, 3.63) is 42.2 Å². The van der Waals surface area contributed by atoms with Gasteiger partial charge in [0.25, 0.3) is 0 Å². The lowest BCUT2D eigenvalue weighted by Gasteiger charge is -2.19. The first-order valence-electron chi connectivity index (χ1n) is 11.8. The highest BCUT2D eigenvalue weighted by atomic mass is 32.2. The molecule has 38 heavy (non-hydrogen) atoms. The number of amides is 1. The third-order valence-corrected chi connectivity index (χ3v) is 7.85. The van der Waals surface area contributed by atoms with Crippen molar-refractivity contribution in [3.8, 4) is 17.2 Å². The number of benzene rings is 1. The molecular weight excluding hydrogens is 532 g/mol. The van der Waals surface area contributed by atoms with Crippen LogP contribution < -0.4 is 14.8 Å². The lowest BCUT2D eigenvalue weighted by Crippen LogP contribution is -2.27. The van der Waals surface area contributed by atoms with Crippen LogP contribution in [-0.2, 0) is 24.1 Å². The number of thioether (sulfide) groups is 1. The number of carbonyl (C=O) groups excluding carboxylic acids is 1. The predicted molar refractivity (Wildman–Crippen MR) is 145 cm³/mol. The molecule has 1 aromatic carbocycles. The molecule has 1 amide bonds. The van der Waals surface area contributed by atoms with E-state index in [0.29, 0.717) is 43.4 Å². The molecule has 0 fully saturated rings. The topological polar surface area (TPSA) is 141 Å². The quantitative estimate of drug-likeness (QED) is 0.341. The summed E-state index contributed by atoms with van der Waals surface area (Å²) in [6, 6.07) is 8.48. The summed E-state index contributed by atoms with van der Waals surface area (Å²) in [6.45, 7) is 1.18. The van der Waals surface area contributed by atoms with E-state index in [2.05, 4.69) is 20.3 Å². The van der Waals surface area contributed by atoms with Gasteiger partial charge in [-0.2, -0.15) is 0 Å². The van der Waals surface area contributed by atoms with Gasteiger partial charge in [-0.05, 0) is 24.3 Å². The second-order valence-corrected chi connectivity index (χ2v) is 11.9. The van der Waals surface area contributed by atoms with E-state index in [9.17, 15) is 13.2 Å². The number of carbonyl (C=O) groups is 1. The van der Waals surface area contributed by atoms with E-state index in [-0.39, 0.29) is 22.3 Å². The summed E-state index contributed by atoms with van der Waals surface area (Å²) in [5, 5.41) is 4.32. The third-order valence-electron chi connectivity index (χ3n) is 5.63. The number of pyridine rings is 1. The Bertz CT molecular complexity index is 1420. The molecule has 204 valence electrons. The van der Waals surface area contributed by atoms with E-state index in [1.54, 1.807) is 45.2 Å². The number of methoxy groups -OCH3 is 2. The molecule has 0 aliphatic carbocycles. The second kappa shape index (κ2) is 12.2. The Morgan fingerprint density at radius 2 is 1.95 bits per heavy atom. The number of sulfone groups is 1. The van der Waals surface area contributed by atoms with E-state index in [1.807, 2.05) is 12.1 Å². The average Bonchev–Trinajstić information content (AvgIpc) is 3.51. The molecule has 2 aromatic heterocycles. The van der Waals surface area contributed by atoms with E-state index in [4.69, 9.17) is 18.9 Å². The molecule has 4 rings (SSSR count). The molecule has 0 spiro atoms. The smallest absolute Gasteiger partial charge is 0.220 e. The van der Waals surface area contributed by atoms with Gasteiger partial charge in [-0.15, -0.1) is 0 Å². The zero-order valence-electron chi connectivity index (χ0n) is 21.5. The van der Waals surface area contributed by atoms with Crippen LogP contribution in [0.2, 0.25) is 0 Å². The van der Waals surface area contributed by atoms with Gasteiger partial charge in [-0.25, -0.2) is 13.4 Å². The molecule has 1 aliphatic heterocycles. The molecule has 3 heterocycles. The zero-order valence-corrected chi connectivity index (χ0v) is 23.1. The van der Waals surface area contributed by atoms with Gasteiger partial charge in [0.15, 0.2) is 14.9 Å². The Hall–Kier alpha value is -3.13. The Balaban J connectivity index is 1.65. The summed E-state index contributed by atoms with van der Waals surface area (Å²) in [7, 11) is 1.38. The number of aliphatic imine (C=N–C) groups is 1. The van der Waals surface area contributed by atoms with Crippen LogP contribution in [0.5, 0.6) is 17.2 Å². The first kappa shape index (κ1) is 27.9. The number of nitrogens with one attached hydrogen (secondary N) is 2. The summed E-state index contributed by atoms with van der Waals surface area (Å²) >= 11 is 1.56. The van der Waals surface area contributed by atoms with Gasteiger partial charge in [0.1, 0.15) is 28.4 Å². The molecule has 1 unspecified atom stereocenters. The average molecular weight is 563 g/mol. The number of H-pyrrole nitrogens is 1. The zero-order chi connectivity index (χ0) is 27.3. The van der Waals surface area contributed by atoms with Crippen LogP contribution >= 0.6 is 11.8 Å². The number of rotatable bonds is 12. The van der Waals surface area contributed by atoms with Gasteiger partial charge in [-0.1, -0.05) is 11.8 Å². The van der Waals surface area contributed by atoms with E-state index < -0.39 is 9.84 Å². The standard InChI is InChI=1S/C25H30N4O7S2/c1-26-22(30)10-19-12-28-25(37-19)20-8-15-7-17(35-16-5-6-23(27-11-16)38(4,31)32)9-21(24(15)29-20)36-18(13-33-2)14-34-3/h5-9,11,18-19,29H,10,12-14H2,1-4H3,(H,26,30). The summed E-state index contributed by atoms with van der Waals surface area (Å²) < 4.78 is 46.3. The largest absolute Gasteiger partial charge is 0.483 e. The number of hydrogen-bond acceptors (Lipinski definition) is 10. The van der Waals surface area contributed by atoms with Gasteiger partial charge >= 0.3 is 0 Å². The van der Waals surface area contributed by atoms with Crippen LogP contribution in [0.3, 0.4) is 0 Å². The summed E-state index contributed by atoms with van der Waals surface area (Å²) in [5.41, 5.74) is 1.55. The Morgan fingerprint density at radius 3 is 2.58 bits per heavy atom. The van der Waals surface area contributed by atoms with Crippen LogP contribution in [-0.4, -0.2) is 88.0 Å². The summed E-state index contributed by atoms with van der Waals surface area (Å²) in [6.07, 6.45) is 2.48. The molecular formula is C25H30N4O7S2. The lowest BCUT2D eigenvalue weighted by molar-refractivity contribution is -0.120. The minimum atomic E-state index is -3.42. The van der Waals surface area contributed by atoms with Crippen molar-refractivity contribution < 1.29 is 32.2 Å². The molecule has 0 radical (unpaired) electrons. The van der Waals surface area contributed by atoms with Crippen LogP contribution in [0.1, 0.15) is 12.1 Å². The van der Waals surface area contributed by atoms with Crippen molar-refractivity contribution in [1.29, 1.82) is 0 Å². The van der Waals surface area contributed by atoms with Gasteiger partial charge < -0.3 is 29.2 Å². The van der Waals surface area contributed by atoms with Crippen molar-refractivity contribution in [2.24, 2.45) is 4.99 Å². The highest BCUT2D eigenvalue weighted by Gasteiger charge is 2.25. The Morgan fingerprint density at radius 1 is 1.18 bits per heavy atom. The highest BCUT2D eigenvalue weighted by Crippen LogP contribution is 2.36. The fourth-order valence-corrected chi connectivity index (χ4v) is 5.53. The third kappa shape index (κ3) is 6.84. The van der Waals surface area contributed by atoms with Crippen LogP contribution in [0.25, 0.3) is 10.9 Å². The Kier molecular flexibility index (Phi) is 8.92. The fraction of sp³-hybridized carbons (Fsp3) is 0.400. The molecule has 0 bridgehead atoms. The van der Waals surface area contributed by atoms with Crippen LogP contribution in [0.4, 0.5) is 0 Å². The molecule has 13 heteroatoms. The van der Waals surface area contributed by atoms with Gasteiger partial charge in [-0.3, -0.25) is 9.79 Å². The maximum absolute atomic E-state index is 11.8. The monoisotopic (exact) mass is 562 g/mol. The van der Waals surface area contributed by atoms with Crippen molar-refractivity contribution in [2.75, 3.05) is 47.3 Å². The number of aromatic nitrogens is 2. The van der Waals surface area contributed by atoms with Gasteiger partial charge in [0.2, 0.25) is 5.91 Å². The second-order valence-electron chi connectivity index (χ2n) is 8.69. The molecule has 11 nitrogen and oxygen atoms in total. The minimum Gasteiger partial charge on any atom is -0.483 e. The molecule has 2 N–H and O–H groups in total. The van der Waals surface area contributed by atoms with Crippen LogP contribution in [0, 0.1) is 0 Å². The SMILES string of the molecule is CNC(=O)CC1CN=C(c2cc3cc(Oc4ccc(S(C)(=O)=O)nc4)cc(OC(COC)COC)c3[nH]2)S1. The summed E-state index contributed by atoms with van der Waals surface area (Å²) in [5.74, 6) is 1.35. The highest BCUT2D eigenvalue weighted by molar-refractivity contribution is 8.15. The van der Waals surface area contributed by atoms with Gasteiger partial charge in [0.05, 0.1) is 37.2 Å². The van der Waals surface area contributed by atoms with Crippen molar-refractivity contribution in [1.82, 2.24) is 15.3 Å². The first-order valence-corrected chi connectivity index (χ1v) is 14.5. The van der Waals surface area contributed by atoms with E-state index in [0.717, 1.165) is 27.9 Å².